The van der Waals surface area contributed by atoms with Crippen LogP contribution in [0.3, 0.4) is 0 Å². The number of fused-ring (bicyclic) bond motifs is 1. The maximum absolute atomic E-state index is 12.9. The molecule has 3 amide bonds. The number of carbonyl (C=O) groups is 2. The topological polar surface area (TPSA) is 95.7 Å². The quantitative estimate of drug-likeness (QED) is 0.876. The molecule has 3 fully saturated rings. The lowest BCUT2D eigenvalue weighted by Crippen LogP contribution is -2.52. The number of aromatic nitrogens is 2. The summed E-state index contributed by atoms with van der Waals surface area (Å²) in [5, 5.41) is 0. The van der Waals surface area contributed by atoms with Crippen LogP contribution in [-0.4, -0.2) is 70.0 Å². The molecule has 8 heteroatoms. The third-order valence-corrected chi connectivity index (χ3v) is 6.08. The molecule has 3 atom stereocenters. The number of hydrogen-bond donors (Lipinski definition) is 1. The minimum Gasteiger partial charge on any atom is -0.364 e. The second-order valence-electron chi connectivity index (χ2n) is 7.59. The molecule has 2 N–H and O–H groups in total. The summed E-state index contributed by atoms with van der Waals surface area (Å²) < 4.78 is 0. The Bertz CT molecular complexity index is 693. The van der Waals surface area contributed by atoms with Crippen LogP contribution in [0.15, 0.2) is 12.4 Å². The minimum absolute atomic E-state index is 0.170. The second kappa shape index (κ2) is 6.74. The molecular weight excluding hydrogens is 332 g/mol. The van der Waals surface area contributed by atoms with Gasteiger partial charge in [0.15, 0.2) is 0 Å². The van der Waals surface area contributed by atoms with Crippen molar-refractivity contribution in [1.82, 2.24) is 19.8 Å². The lowest BCUT2D eigenvalue weighted by atomic mass is 9.89. The van der Waals surface area contributed by atoms with Gasteiger partial charge in [-0.2, -0.15) is 0 Å². The number of nitrogens with zero attached hydrogens (tertiary/aromatic N) is 5. The van der Waals surface area contributed by atoms with Crippen LogP contribution in [-0.2, 0) is 0 Å². The van der Waals surface area contributed by atoms with Gasteiger partial charge in [0, 0.05) is 20.1 Å². The van der Waals surface area contributed by atoms with Gasteiger partial charge in [-0.15, -0.1) is 0 Å². The predicted octanol–water partition coefficient (Wildman–Crippen LogP) is 1.22. The van der Waals surface area contributed by atoms with Crippen LogP contribution >= 0.6 is 0 Å². The van der Waals surface area contributed by atoms with Gasteiger partial charge in [0.25, 0.3) is 5.91 Å². The number of carbonyl (C=O) groups excluding carboxylic acids is 2. The Morgan fingerprint density at radius 3 is 2.58 bits per heavy atom. The average molecular weight is 358 g/mol. The maximum Gasteiger partial charge on any atom is 0.320 e. The highest BCUT2D eigenvalue weighted by Gasteiger charge is 2.48. The van der Waals surface area contributed by atoms with Crippen molar-refractivity contribution < 1.29 is 9.59 Å². The van der Waals surface area contributed by atoms with E-state index in [9.17, 15) is 9.59 Å². The average Bonchev–Trinajstić information content (AvgIpc) is 2.93. The summed E-state index contributed by atoms with van der Waals surface area (Å²) in [5.74, 6) is 0.162. The summed E-state index contributed by atoms with van der Waals surface area (Å²) in [6, 6.07) is 1.07. The fourth-order valence-electron chi connectivity index (χ4n) is 4.76. The number of amides is 3. The maximum atomic E-state index is 12.9. The van der Waals surface area contributed by atoms with Crippen LogP contribution in [0.25, 0.3) is 0 Å². The van der Waals surface area contributed by atoms with Gasteiger partial charge >= 0.3 is 6.03 Å². The lowest BCUT2D eigenvalue weighted by molar-refractivity contribution is 0.0995. The van der Waals surface area contributed by atoms with E-state index in [0.29, 0.717) is 12.1 Å². The van der Waals surface area contributed by atoms with Crippen molar-refractivity contribution in [3.63, 3.8) is 0 Å². The van der Waals surface area contributed by atoms with E-state index in [1.54, 1.807) is 6.20 Å². The van der Waals surface area contributed by atoms with Crippen molar-refractivity contribution in [2.24, 2.45) is 5.73 Å². The molecule has 1 saturated carbocycles. The van der Waals surface area contributed by atoms with Gasteiger partial charge in [-0.25, -0.2) is 14.8 Å². The Morgan fingerprint density at radius 1 is 1.12 bits per heavy atom. The number of piperidine rings is 1. The van der Waals surface area contributed by atoms with E-state index in [1.165, 1.54) is 19.0 Å². The van der Waals surface area contributed by atoms with Crippen LogP contribution in [0.4, 0.5) is 10.6 Å². The molecule has 26 heavy (non-hydrogen) atoms. The van der Waals surface area contributed by atoms with Crippen LogP contribution in [0.2, 0.25) is 0 Å². The number of anilines is 1. The first-order chi connectivity index (χ1) is 12.6. The molecule has 4 rings (SSSR count). The fraction of sp³-hybridized carbons (Fsp3) is 0.667. The van der Waals surface area contributed by atoms with E-state index in [4.69, 9.17) is 5.73 Å². The third kappa shape index (κ3) is 2.87. The fourth-order valence-corrected chi connectivity index (χ4v) is 4.76. The predicted molar refractivity (Wildman–Crippen MR) is 96.8 cm³/mol. The number of hydrogen-bond acceptors (Lipinski definition) is 5. The molecule has 0 radical (unpaired) electrons. The summed E-state index contributed by atoms with van der Waals surface area (Å²) in [4.78, 5) is 38.8. The van der Waals surface area contributed by atoms with Crippen molar-refractivity contribution in [2.45, 2.75) is 56.7 Å². The van der Waals surface area contributed by atoms with E-state index in [-0.39, 0.29) is 17.8 Å². The summed E-state index contributed by atoms with van der Waals surface area (Å²) in [6.45, 7) is 1.64. The van der Waals surface area contributed by atoms with Gasteiger partial charge < -0.3 is 20.4 Å². The molecule has 2 aliphatic heterocycles. The molecule has 8 nitrogen and oxygen atoms in total. The molecule has 140 valence electrons. The summed E-state index contributed by atoms with van der Waals surface area (Å²) in [5.41, 5.74) is 5.40. The first-order valence-corrected chi connectivity index (χ1v) is 9.48. The molecule has 3 unspecified atom stereocenters. The summed E-state index contributed by atoms with van der Waals surface area (Å²) >= 11 is 0. The van der Waals surface area contributed by atoms with E-state index >= 15 is 0 Å². The Hall–Kier alpha value is -2.38. The van der Waals surface area contributed by atoms with Crippen molar-refractivity contribution in [1.29, 1.82) is 0 Å². The van der Waals surface area contributed by atoms with Crippen LogP contribution in [0.5, 0.6) is 0 Å². The number of primary amides is 1. The SMILES string of the molecule is CN1C(=O)N(C2CCCN(c3cnc(C(N)=O)cn3)C2)C2CCCCC21. The normalized spacial score (nSPS) is 29.0. The molecule has 1 aromatic heterocycles. The van der Waals surface area contributed by atoms with Crippen LogP contribution in [0.1, 0.15) is 49.0 Å². The molecule has 0 spiro atoms. The van der Waals surface area contributed by atoms with Gasteiger partial charge in [-0.1, -0.05) is 12.8 Å². The zero-order chi connectivity index (χ0) is 18.3. The van der Waals surface area contributed by atoms with Gasteiger partial charge in [0.05, 0.1) is 30.5 Å². The van der Waals surface area contributed by atoms with Crippen molar-refractivity contribution in [2.75, 3.05) is 25.0 Å². The minimum atomic E-state index is -0.574. The zero-order valence-electron chi connectivity index (χ0n) is 15.2. The smallest absolute Gasteiger partial charge is 0.320 e. The molecule has 1 aliphatic carbocycles. The molecule has 3 aliphatic rings. The van der Waals surface area contributed by atoms with Crippen LogP contribution in [0, 0.1) is 0 Å². The monoisotopic (exact) mass is 358 g/mol. The van der Waals surface area contributed by atoms with Crippen LogP contribution < -0.4 is 10.6 Å². The second-order valence-corrected chi connectivity index (χ2v) is 7.59. The van der Waals surface area contributed by atoms with E-state index in [2.05, 4.69) is 19.8 Å². The van der Waals surface area contributed by atoms with Gasteiger partial charge in [0.1, 0.15) is 11.5 Å². The zero-order valence-corrected chi connectivity index (χ0v) is 15.2. The highest BCUT2D eigenvalue weighted by atomic mass is 16.2. The standard InChI is InChI=1S/C18H26N6O2/c1-22-14-6-2-3-7-15(14)24(18(22)26)12-5-4-8-23(11-12)16-10-20-13(9-21-16)17(19)25/h9-10,12,14-15H,2-8,11H2,1H3,(H2,19,25). The highest BCUT2D eigenvalue weighted by molar-refractivity contribution is 5.90. The molecule has 0 bridgehead atoms. The van der Waals surface area contributed by atoms with E-state index in [1.807, 2.05) is 11.9 Å². The Balaban J connectivity index is 1.51. The highest BCUT2D eigenvalue weighted by Crippen LogP contribution is 2.36. The lowest BCUT2D eigenvalue weighted by Gasteiger charge is -2.41. The number of nitrogens with two attached hydrogens (primary N) is 1. The first-order valence-electron chi connectivity index (χ1n) is 9.48. The molecule has 2 saturated heterocycles. The van der Waals surface area contributed by atoms with E-state index in [0.717, 1.165) is 44.6 Å². The number of rotatable bonds is 3. The molecule has 1 aromatic rings. The first kappa shape index (κ1) is 17.1. The summed E-state index contributed by atoms with van der Waals surface area (Å²) in [7, 11) is 1.94. The van der Waals surface area contributed by atoms with Gasteiger partial charge in [-0.05, 0) is 25.7 Å². The summed E-state index contributed by atoms with van der Waals surface area (Å²) in [6.07, 6.45) is 9.68. The largest absolute Gasteiger partial charge is 0.364 e. The Morgan fingerprint density at radius 2 is 1.88 bits per heavy atom. The van der Waals surface area contributed by atoms with Crippen molar-refractivity contribution >= 4 is 17.8 Å². The number of urea groups is 1. The third-order valence-electron chi connectivity index (χ3n) is 6.08. The van der Waals surface area contributed by atoms with Crippen molar-refractivity contribution in [3.05, 3.63) is 18.1 Å². The Labute approximate surface area is 153 Å². The number of likely N-dealkylation sites (N-methyl/N-ethyl adjacent to an activating group) is 1. The van der Waals surface area contributed by atoms with Gasteiger partial charge in [0.2, 0.25) is 0 Å². The molecule has 0 aromatic carbocycles. The molecule has 3 heterocycles. The van der Waals surface area contributed by atoms with Gasteiger partial charge in [-0.3, -0.25) is 4.79 Å². The van der Waals surface area contributed by atoms with E-state index < -0.39 is 5.91 Å². The molecular formula is C18H26N6O2. The van der Waals surface area contributed by atoms with Crippen molar-refractivity contribution in [3.8, 4) is 0 Å². The Kier molecular flexibility index (Phi) is 4.42.